The minimum absolute atomic E-state index is 0.0547. The SMILES string of the molecule is O=C(CNc1ccccc1Oc1ccccc1)NNC(=O)c1cccc([N+](=O)[O-])c1. The number of hydrogen-bond donors (Lipinski definition) is 3. The number of nitro benzene ring substituents is 1. The summed E-state index contributed by atoms with van der Waals surface area (Å²) in [7, 11) is 0. The van der Waals surface area contributed by atoms with Gasteiger partial charge in [0.05, 0.1) is 17.2 Å². The van der Waals surface area contributed by atoms with E-state index in [1.54, 1.807) is 18.2 Å². The highest BCUT2D eigenvalue weighted by Crippen LogP contribution is 2.28. The first-order chi connectivity index (χ1) is 14.5. The summed E-state index contributed by atoms with van der Waals surface area (Å²) in [5, 5.41) is 13.7. The fraction of sp³-hybridized carbons (Fsp3) is 0.0476. The summed E-state index contributed by atoms with van der Waals surface area (Å²) in [5.74, 6) is 0.0145. The van der Waals surface area contributed by atoms with Crippen molar-refractivity contribution in [1.29, 1.82) is 0 Å². The number of anilines is 1. The summed E-state index contributed by atoms with van der Waals surface area (Å²) in [6.07, 6.45) is 0. The number of amides is 2. The lowest BCUT2D eigenvalue weighted by atomic mass is 10.2. The number of nitrogens with one attached hydrogen (secondary N) is 3. The molecule has 0 aliphatic heterocycles. The van der Waals surface area contributed by atoms with Gasteiger partial charge in [-0.1, -0.05) is 36.4 Å². The third-order valence-electron chi connectivity index (χ3n) is 3.93. The number of nitrogens with zero attached hydrogens (tertiary/aromatic N) is 1. The largest absolute Gasteiger partial charge is 0.455 e. The molecule has 0 saturated carbocycles. The van der Waals surface area contributed by atoms with Crippen LogP contribution in [-0.2, 0) is 4.79 Å². The molecule has 9 heteroatoms. The molecule has 0 heterocycles. The van der Waals surface area contributed by atoms with Gasteiger partial charge in [0.2, 0.25) is 0 Å². The van der Waals surface area contributed by atoms with Gasteiger partial charge < -0.3 is 10.1 Å². The Morgan fingerprint density at radius 1 is 0.900 bits per heavy atom. The maximum atomic E-state index is 12.1. The zero-order valence-electron chi connectivity index (χ0n) is 15.7. The fourth-order valence-electron chi connectivity index (χ4n) is 2.50. The second kappa shape index (κ2) is 9.69. The third kappa shape index (κ3) is 5.55. The van der Waals surface area contributed by atoms with E-state index in [0.717, 1.165) is 6.07 Å². The molecule has 0 aliphatic carbocycles. The minimum atomic E-state index is -0.667. The van der Waals surface area contributed by atoms with Gasteiger partial charge in [-0.3, -0.25) is 30.6 Å². The van der Waals surface area contributed by atoms with Crippen molar-refractivity contribution in [2.45, 2.75) is 0 Å². The lowest BCUT2D eigenvalue weighted by molar-refractivity contribution is -0.384. The van der Waals surface area contributed by atoms with Crippen molar-refractivity contribution in [3.05, 3.63) is 94.5 Å². The number of hydrogen-bond acceptors (Lipinski definition) is 6. The Hall–Kier alpha value is -4.40. The molecule has 0 saturated heterocycles. The van der Waals surface area contributed by atoms with Crippen molar-refractivity contribution in [3.63, 3.8) is 0 Å². The van der Waals surface area contributed by atoms with Crippen LogP contribution in [0.4, 0.5) is 11.4 Å². The quantitative estimate of drug-likeness (QED) is 0.409. The first-order valence-electron chi connectivity index (χ1n) is 8.92. The van der Waals surface area contributed by atoms with Crippen LogP contribution in [-0.4, -0.2) is 23.3 Å². The van der Waals surface area contributed by atoms with Gasteiger partial charge in [-0.25, -0.2) is 0 Å². The summed E-state index contributed by atoms with van der Waals surface area (Å²) in [4.78, 5) is 34.3. The van der Waals surface area contributed by atoms with Gasteiger partial charge in [0, 0.05) is 17.7 Å². The summed E-state index contributed by atoms with van der Waals surface area (Å²) < 4.78 is 5.81. The molecule has 3 aromatic carbocycles. The molecule has 0 radical (unpaired) electrons. The standard InChI is InChI=1S/C21H18N4O5/c26-20(23-24-21(27)15-7-6-8-16(13-15)25(28)29)14-22-18-11-4-5-12-19(18)30-17-9-2-1-3-10-17/h1-13,22H,14H2,(H,23,26)(H,24,27). The van der Waals surface area contributed by atoms with Crippen LogP contribution in [0.1, 0.15) is 10.4 Å². The average molecular weight is 406 g/mol. The molecule has 0 atom stereocenters. The number of carbonyl (C=O) groups is 2. The smallest absolute Gasteiger partial charge is 0.270 e. The Labute approximate surface area is 171 Å². The molecule has 0 aliphatic rings. The molecule has 9 nitrogen and oxygen atoms in total. The van der Waals surface area contributed by atoms with E-state index in [1.807, 2.05) is 36.4 Å². The average Bonchev–Trinajstić information content (AvgIpc) is 2.77. The molecular formula is C21H18N4O5. The second-order valence-electron chi connectivity index (χ2n) is 6.07. The normalized spacial score (nSPS) is 10.0. The summed E-state index contributed by atoms with van der Waals surface area (Å²) >= 11 is 0. The van der Waals surface area contributed by atoms with E-state index in [2.05, 4.69) is 16.2 Å². The molecule has 0 aromatic heterocycles. The van der Waals surface area contributed by atoms with Gasteiger partial charge in [0.1, 0.15) is 5.75 Å². The van der Waals surface area contributed by atoms with Gasteiger partial charge >= 0.3 is 0 Å². The van der Waals surface area contributed by atoms with Crippen LogP contribution in [0.3, 0.4) is 0 Å². The molecule has 0 spiro atoms. The molecule has 0 bridgehead atoms. The third-order valence-corrected chi connectivity index (χ3v) is 3.93. The summed E-state index contributed by atoms with van der Waals surface area (Å²) in [6.45, 7) is -0.135. The van der Waals surface area contributed by atoms with Crippen molar-refractivity contribution in [3.8, 4) is 11.5 Å². The second-order valence-corrected chi connectivity index (χ2v) is 6.07. The van der Waals surface area contributed by atoms with Crippen LogP contribution in [0.2, 0.25) is 0 Å². The highest BCUT2D eigenvalue weighted by molar-refractivity contribution is 5.96. The molecule has 3 rings (SSSR count). The Kier molecular flexibility index (Phi) is 6.57. The Morgan fingerprint density at radius 2 is 1.63 bits per heavy atom. The number of rotatable bonds is 7. The van der Waals surface area contributed by atoms with E-state index < -0.39 is 16.7 Å². The van der Waals surface area contributed by atoms with E-state index in [4.69, 9.17) is 4.74 Å². The van der Waals surface area contributed by atoms with Crippen molar-refractivity contribution in [1.82, 2.24) is 10.9 Å². The lowest BCUT2D eigenvalue weighted by Gasteiger charge is -2.13. The number of nitro groups is 1. The van der Waals surface area contributed by atoms with Gasteiger partial charge in [-0.15, -0.1) is 0 Å². The van der Waals surface area contributed by atoms with E-state index in [0.29, 0.717) is 17.2 Å². The highest BCUT2D eigenvalue weighted by Gasteiger charge is 2.12. The van der Waals surface area contributed by atoms with Gasteiger partial charge in [-0.2, -0.15) is 0 Å². The van der Waals surface area contributed by atoms with Gasteiger partial charge in [0.15, 0.2) is 5.75 Å². The summed E-state index contributed by atoms with van der Waals surface area (Å²) in [5.41, 5.74) is 4.92. The topological polar surface area (TPSA) is 123 Å². The van der Waals surface area contributed by atoms with Crippen molar-refractivity contribution < 1.29 is 19.2 Å². The van der Waals surface area contributed by atoms with Crippen LogP contribution < -0.4 is 20.9 Å². The maximum Gasteiger partial charge on any atom is 0.270 e. The predicted molar refractivity (Wildman–Crippen MR) is 110 cm³/mol. The first-order valence-corrected chi connectivity index (χ1v) is 8.92. The van der Waals surface area contributed by atoms with Crippen molar-refractivity contribution in [2.75, 3.05) is 11.9 Å². The molecule has 152 valence electrons. The number of benzene rings is 3. The molecular weight excluding hydrogens is 388 g/mol. The number of non-ortho nitro benzene ring substituents is 1. The fourth-order valence-corrected chi connectivity index (χ4v) is 2.50. The predicted octanol–water partition coefficient (Wildman–Crippen LogP) is 3.26. The van der Waals surface area contributed by atoms with Crippen molar-refractivity contribution >= 4 is 23.2 Å². The van der Waals surface area contributed by atoms with Crippen LogP contribution in [0.5, 0.6) is 11.5 Å². The zero-order valence-corrected chi connectivity index (χ0v) is 15.7. The molecule has 30 heavy (non-hydrogen) atoms. The number of para-hydroxylation sites is 3. The highest BCUT2D eigenvalue weighted by atomic mass is 16.6. The molecule has 3 N–H and O–H groups in total. The van der Waals surface area contributed by atoms with Crippen LogP contribution >= 0.6 is 0 Å². The Bertz CT molecular complexity index is 1060. The van der Waals surface area contributed by atoms with Gasteiger partial charge in [0.25, 0.3) is 17.5 Å². The van der Waals surface area contributed by atoms with Crippen molar-refractivity contribution in [2.24, 2.45) is 0 Å². The molecule has 2 amide bonds. The molecule has 0 fully saturated rings. The molecule has 0 unspecified atom stereocenters. The van der Waals surface area contributed by atoms with Crippen LogP contribution in [0.15, 0.2) is 78.9 Å². The van der Waals surface area contributed by atoms with Crippen LogP contribution in [0.25, 0.3) is 0 Å². The van der Waals surface area contributed by atoms with E-state index in [9.17, 15) is 19.7 Å². The number of ether oxygens (including phenoxy) is 1. The molecule has 3 aromatic rings. The summed E-state index contributed by atoms with van der Waals surface area (Å²) in [6, 6.07) is 21.5. The zero-order chi connectivity index (χ0) is 21.3. The lowest BCUT2D eigenvalue weighted by Crippen LogP contribution is -2.44. The van der Waals surface area contributed by atoms with Gasteiger partial charge in [-0.05, 0) is 30.3 Å². The van der Waals surface area contributed by atoms with Crippen LogP contribution in [0, 0.1) is 10.1 Å². The van der Waals surface area contributed by atoms with E-state index >= 15 is 0 Å². The Balaban J connectivity index is 1.53. The van der Waals surface area contributed by atoms with E-state index in [-0.39, 0.29) is 17.8 Å². The maximum absolute atomic E-state index is 12.1. The first kappa shape index (κ1) is 20.3. The number of carbonyl (C=O) groups excluding carboxylic acids is 2. The monoisotopic (exact) mass is 406 g/mol. The van der Waals surface area contributed by atoms with E-state index in [1.165, 1.54) is 18.2 Å². The minimum Gasteiger partial charge on any atom is -0.455 e. The number of hydrazine groups is 1. The Morgan fingerprint density at radius 3 is 2.40 bits per heavy atom.